The van der Waals surface area contributed by atoms with Crippen molar-refractivity contribution in [2.24, 2.45) is 0 Å². The molecule has 0 aliphatic carbocycles. The molecule has 2 unspecified atom stereocenters. The molecule has 2 atom stereocenters. The number of carbonyl (C=O) groups excluding carboxylic acids is 1. The van der Waals surface area contributed by atoms with Crippen LogP contribution in [0.4, 0.5) is 0 Å². The molecule has 0 aliphatic rings. The predicted octanol–water partition coefficient (Wildman–Crippen LogP) is 2.11. The number of aliphatic hydroxyl groups is 1. The normalized spacial score (nSPS) is 13.9. The fraction of sp³-hybridized carbons (Fsp3) is 0.846. The molecule has 0 saturated carbocycles. The van der Waals surface area contributed by atoms with Crippen molar-refractivity contribution >= 4 is 11.9 Å². The Morgan fingerprint density at radius 1 is 1.11 bits per heavy atom. The summed E-state index contributed by atoms with van der Waals surface area (Å²) in [5, 5.41) is 18.2. The van der Waals surface area contributed by atoms with E-state index < -0.39 is 24.1 Å². The molecule has 0 rings (SSSR count). The molecule has 0 fully saturated rings. The van der Waals surface area contributed by atoms with Gasteiger partial charge in [0.25, 0.3) is 0 Å². The zero-order valence-electron chi connectivity index (χ0n) is 11.2. The van der Waals surface area contributed by atoms with E-state index >= 15 is 0 Å². The van der Waals surface area contributed by atoms with Crippen molar-refractivity contribution in [1.29, 1.82) is 0 Å². The number of aliphatic carboxylic acids is 1. The maximum absolute atomic E-state index is 11.5. The molecule has 0 spiro atoms. The number of unbranched alkanes of at least 4 members (excludes halogenated alkanes) is 1. The van der Waals surface area contributed by atoms with Crippen molar-refractivity contribution in [2.75, 3.05) is 0 Å². The highest BCUT2D eigenvalue weighted by atomic mass is 16.5. The number of hydrogen-bond donors (Lipinski definition) is 2. The fourth-order valence-corrected chi connectivity index (χ4v) is 1.69. The van der Waals surface area contributed by atoms with Crippen LogP contribution in [-0.2, 0) is 14.3 Å². The van der Waals surface area contributed by atoms with Crippen molar-refractivity contribution in [3.8, 4) is 0 Å². The summed E-state index contributed by atoms with van der Waals surface area (Å²) in [7, 11) is 0. The second kappa shape index (κ2) is 9.88. The van der Waals surface area contributed by atoms with E-state index in [2.05, 4.69) is 0 Å². The van der Waals surface area contributed by atoms with Crippen LogP contribution < -0.4 is 0 Å². The predicted molar refractivity (Wildman–Crippen MR) is 67.2 cm³/mol. The summed E-state index contributed by atoms with van der Waals surface area (Å²) in [6.07, 6.45) is 2.14. The van der Waals surface area contributed by atoms with Crippen LogP contribution in [0.2, 0.25) is 0 Å². The topological polar surface area (TPSA) is 83.8 Å². The van der Waals surface area contributed by atoms with Gasteiger partial charge < -0.3 is 14.9 Å². The van der Waals surface area contributed by atoms with Crippen molar-refractivity contribution in [3.05, 3.63) is 0 Å². The van der Waals surface area contributed by atoms with E-state index in [1.54, 1.807) is 0 Å². The Labute approximate surface area is 108 Å². The van der Waals surface area contributed by atoms with Crippen molar-refractivity contribution < 1.29 is 24.5 Å². The molecule has 0 heterocycles. The van der Waals surface area contributed by atoms with Gasteiger partial charge >= 0.3 is 11.9 Å². The molecular weight excluding hydrogens is 236 g/mol. The largest absolute Gasteiger partial charge is 0.481 e. The number of rotatable bonds is 10. The van der Waals surface area contributed by atoms with Gasteiger partial charge in [-0.05, 0) is 12.8 Å². The molecule has 106 valence electrons. The third-order valence-electron chi connectivity index (χ3n) is 2.60. The number of ether oxygens (including phenoxy) is 1. The summed E-state index contributed by atoms with van der Waals surface area (Å²) in [6, 6.07) is 0. The van der Waals surface area contributed by atoms with Gasteiger partial charge in [0.15, 0.2) is 0 Å². The quantitative estimate of drug-likeness (QED) is 0.588. The number of esters is 1. The van der Waals surface area contributed by atoms with Crippen molar-refractivity contribution in [2.45, 2.75) is 71.0 Å². The van der Waals surface area contributed by atoms with Crippen LogP contribution in [0.15, 0.2) is 0 Å². The van der Waals surface area contributed by atoms with Gasteiger partial charge in [0.05, 0.1) is 18.9 Å². The molecule has 0 radical (unpaired) electrons. The third-order valence-corrected chi connectivity index (χ3v) is 2.60. The maximum Gasteiger partial charge on any atom is 0.308 e. The van der Waals surface area contributed by atoms with E-state index in [1.807, 2.05) is 13.8 Å². The summed E-state index contributed by atoms with van der Waals surface area (Å²) >= 11 is 0. The number of carboxylic acid groups (broad SMARTS) is 1. The Kier molecular flexibility index (Phi) is 9.28. The van der Waals surface area contributed by atoms with Crippen LogP contribution in [0.5, 0.6) is 0 Å². The first-order chi connectivity index (χ1) is 8.49. The van der Waals surface area contributed by atoms with Crippen LogP contribution in [0, 0.1) is 0 Å². The van der Waals surface area contributed by atoms with Crippen molar-refractivity contribution in [1.82, 2.24) is 0 Å². The standard InChI is InChI=1S/C13H24O5/c1-3-5-7-11(9-12(15)16)18-13(17)8-10(14)6-4-2/h10-11,14H,3-9H2,1-2H3,(H,15,16). The number of carboxylic acids is 1. The molecule has 0 aliphatic heterocycles. The van der Waals surface area contributed by atoms with Crippen LogP contribution in [-0.4, -0.2) is 34.4 Å². The van der Waals surface area contributed by atoms with E-state index in [0.29, 0.717) is 12.8 Å². The molecule has 5 nitrogen and oxygen atoms in total. The summed E-state index contributed by atoms with van der Waals surface area (Å²) in [4.78, 5) is 22.1. The van der Waals surface area contributed by atoms with Gasteiger partial charge in [-0.2, -0.15) is 0 Å². The molecule has 5 heteroatoms. The van der Waals surface area contributed by atoms with Gasteiger partial charge in [-0.25, -0.2) is 0 Å². The maximum atomic E-state index is 11.5. The highest BCUT2D eigenvalue weighted by Gasteiger charge is 2.19. The second-order valence-electron chi connectivity index (χ2n) is 4.50. The number of aliphatic hydroxyl groups excluding tert-OH is 1. The Bertz CT molecular complexity index is 252. The molecule has 0 amide bonds. The lowest BCUT2D eigenvalue weighted by atomic mass is 10.1. The first-order valence-electron chi connectivity index (χ1n) is 6.58. The fourth-order valence-electron chi connectivity index (χ4n) is 1.69. The summed E-state index contributed by atoms with van der Waals surface area (Å²) in [6.45, 7) is 3.91. The van der Waals surface area contributed by atoms with Gasteiger partial charge in [0, 0.05) is 0 Å². The van der Waals surface area contributed by atoms with Gasteiger partial charge in [-0.3, -0.25) is 9.59 Å². The van der Waals surface area contributed by atoms with E-state index in [1.165, 1.54) is 0 Å². The highest BCUT2D eigenvalue weighted by Crippen LogP contribution is 2.12. The molecule has 0 aromatic rings. The average Bonchev–Trinajstić information content (AvgIpc) is 2.25. The monoisotopic (exact) mass is 260 g/mol. The van der Waals surface area contributed by atoms with Crippen LogP contribution in [0.3, 0.4) is 0 Å². The Balaban J connectivity index is 4.12. The zero-order chi connectivity index (χ0) is 14.0. The van der Waals surface area contributed by atoms with Crippen molar-refractivity contribution in [3.63, 3.8) is 0 Å². The lowest BCUT2D eigenvalue weighted by molar-refractivity contribution is -0.155. The van der Waals surface area contributed by atoms with Crippen LogP contribution >= 0.6 is 0 Å². The lowest BCUT2D eigenvalue weighted by Gasteiger charge is -2.17. The minimum absolute atomic E-state index is 0.0594. The lowest BCUT2D eigenvalue weighted by Crippen LogP contribution is -2.24. The van der Waals surface area contributed by atoms with Gasteiger partial charge in [0.2, 0.25) is 0 Å². The SMILES string of the molecule is CCCCC(CC(=O)O)OC(=O)CC(O)CCC. The Morgan fingerprint density at radius 2 is 1.78 bits per heavy atom. The summed E-state index contributed by atoms with van der Waals surface area (Å²) in [5.41, 5.74) is 0. The summed E-state index contributed by atoms with van der Waals surface area (Å²) < 4.78 is 5.10. The van der Waals surface area contributed by atoms with Crippen LogP contribution in [0.25, 0.3) is 0 Å². The Morgan fingerprint density at radius 3 is 2.28 bits per heavy atom. The smallest absolute Gasteiger partial charge is 0.308 e. The Hall–Kier alpha value is -1.10. The van der Waals surface area contributed by atoms with E-state index in [0.717, 1.165) is 19.3 Å². The zero-order valence-corrected chi connectivity index (χ0v) is 11.2. The van der Waals surface area contributed by atoms with E-state index in [-0.39, 0.29) is 12.8 Å². The molecule has 0 bridgehead atoms. The number of carbonyl (C=O) groups is 2. The molecular formula is C13H24O5. The second-order valence-corrected chi connectivity index (χ2v) is 4.50. The minimum atomic E-state index is -0.974. The first-order valence-corrected chi connectivity index (χ1v) is 6.58. The van der Waals surface area contributed by atoms with Crippen LogP contribution in [0.1, 0.15) is 58.8 Å². The van der Waals surface area contributed by atoms with Gasteiger partial charge in [-0.1, -0.05) is 33.1 Å². The average molecular weight is 260 g/mol. The third kappa shape index (κ3) is 8.98. The minimum Gasteiger partial charge on any atom is -0.481 e. The molecule has 2 N–H and O–H groups in total. The van der Waals surface area contributed by atoms with E-state index in [4.69, 9.17) is 9.84 Å². The first kappa shape index (κ1) is 16.9. The molecule has 0 aromatic heterocycles. The van der Waals surface area contributed by atoms with Gasteiger partial charge in [0.1, 0.15) is 6.10 Å². The molecule has 0 saturated heterocycles. The van der Waals surface area contributed by atoms with Gasteiger partial charge in [-0.15, -0.1) is 0 Å². The highest BCUT2D eigenvalue weighted by molar-refractivity contribution is 5.71. The molecule has 18 heavy (non-hydrogen) atoms. The molecule has 0 aromatic carbocycles. The number of hydrogen-bond acceptors (Lipinski definition) is 4. The van der Waals surface area contributed by atoms with E-state index in [9.17, 15) is 14.7 Å². The summed E-state index contributed by atoms with van der Waals surface area (Å²) in [5.74, 6) is -1.49.